The van der Waals surface area contributed by atoms with E-state index < -0.39 is 0 Å². The summed E-state index contributed by atoms with van der Waals surface area (Å²) in [4.78, 5) is 27.7. The summed E-state index contributed by atoms with van der Waals surface area (Å²) in [5, 5.41) is 0. The summed E-state index contributed by atoms with van der Waals surface area (Å²) in [6, 6.07) is 0.00461. The maximum absolute atomic E-state index is 12.7. The van der Waals surface area contributed by atoms with Crippen LogP contribution in [0.25, 0.3) is 0 Å². The minimum absolute atomic E-state index is 0.00461. The molecule has 0 spiro atoms. The third-order valence-electron chi connectivity index (χ3n) is 4.67. The molecule has 0 aromatic heterocycles. The number of primary amides is 1. The van der Waals surface area contributed by atoms with Gasteiger partial charge in [0.1, 0.15) is 0 Å². The zero-order chi connectivity index (χ0) is 15.2. The van der Waals surface area contributed by atoms with Crippen LogP contribution in [0.1, 0.15) is 38.5 Å². The summed E-state index contributed by atoms with van der Waals surface area (Å²) in [6.07, 6.45) is 6.19. The average molecular weight is 296 g/mol. The molecule has 2 amide bonds. The molecule has 1 aliphatic carbocycles. The Morgan fingerprint density at radius 2 is 1.71 bits per heavy atom. The highest BCUT2D eigenvalue weighted by atomic mass is 16.2. The van der Waals surface area contributed by atoms with Gasteiger partial charge < -0.3 is 16.4 Å². The zero-order valence-corrected chi connectivity index (χ0v) is 12.8. The molecule has 2 unspecified atom stereocenters. The van der Waals surface area contributed by atoms with Crippen LogP contribution in [0.2, 0.25) is 0 Å². The number of carbonyl (C=O) groups is 2. The van der Waals surface area contributed by atoms with E-state index in [9.17, 15) is 9.59 Å². The summed E-state index contributed by atoms with van der Waals surface area (Å²) < 4.78 is 0. The number of nitrogens with zero attached hydrogens (tertiary/aromatic N) is 2. The molecule has 0 aromatic rings. The van der Waals surface area contributed by atoms with E-state index in [0.29, 0.717) is 6.54 Å². The number of nitrogens with two attached hydrogens (primary N) is 2. The Hall–Kier alpha value is -1.14. The van der Waals surface area contributed by atoms with E-state index >= 15 is 0 Å². The molecule has 0 radical (unpaired) electrons. The maximum Gasteiger partial charge on any atom is 0.231 e. The normalized spacial score (nSPS) is 28.7. The smallest absolute Gasteiger partial charge is 0.231 e. The second-order valence-corrected chi connectivity index (χ2v) is 6.33. The highest BCUT2D eigenvalue weighted by Crippen LogP contribution is 2.24. The van der Waals surface area contributed by atoms with E-state index in [1.54, 1.807) is 0 Å². The first kappa shape index (κ1) is 16.2. The van der Waals surface area contributed by atoms with Gasteiger partial charge >= 0.3 is 0 Å². The quantitative estimate of drug-likeness (QED) is 0.712. The van der Waals surface area contributed by atoms with E-state index in [1.165, 1.54) is 6.42 Å². The lowest BCUT2D eigenvalue weighted by Gasteiger charge is -2.28. The summed E-state index contributed by atoms with van der Waals surface area (Å²) in [7, 11) is 0. The molecule has 2 rings (SSSR count). The highest BCUT2D eigenvalue weighted by molar-refractivity contribution is 5.79. The summed E-state index contributed by atoms with van der Waals surface area (Å²) in [5.41, 5.74) is 11.4. The Labute approximate surface area is 126 Å². The van der Waals surface area contributed by atoms with Gasteiger partial charge in [-0.2, -0.15) is 0 Å². The first-order valence-electron chi connectivity index (χ1n) is 8.13. The fourth-order valence-electron chi connectivity index (χ4n) is 3.45. The fourth-order valence-corrected chi connectivity index (χ4v) is 3.45. The van der Waals surface area contributed by atoms with Gasteiger partial charge in [0.15, 0.2) is 0 Å². The number of hydrogen-bond donors (Lipinski definition) is 2. The van der Waals surface area contributed by atoms with Gasteiger partial charge in [0.2, 0.25) is 11.8 Å². The molecule has 6 nitrogen and oxygen atoms in total. The van der Waals surface area contributed by atoms with Crippen LogP contribution in [0.4, 0.5) is 0 Å². The second-order valence-electron chi connectivity index (χ2n) is 6.33. The van der Waals surface area contributed by atoms with E-state index in [4.69, 9.17) is 11.5 Å². The van der Waals surface area contributed by atoms with Gasteiger partial charge in [-0.05, 0) is 19.3 Å². The molecular formula is C15H28N4O2. The molecule has 2 fully saturated rings. The Morgan fingerprint density at radius 3 is 2.48 bits per heavy atom. The fraction of sp³-hybridized carbons (Fsp3) is 0.867. The van der Waals surface area contributed by atoms with Gasteiger partial charge in [-0.25, -0.2) is 0 Å². The maximum atomic E-state index is 12.7. The van der Waals surface area contributed by atoms with Crippen molar-refractivity contribution >= 4 is 11.8 Å². The summed E-state index contributed by atoms with van der Waals surface area (Å²) >= 11 is 0. The van der Waals surface area contributed by atoms with Crippen molar-refractivity contribution < 1.29 is 9.59 Å². The van der Waals surface area contributed by atoms with Crippen molar-refractivity contribution in [3.63, 3.8) is 0 Å². The monoisotopic (exact) mass is 296 g/mol. The molecular weight excluding hydrogens is 268 g/mol. The van der Waals surface area contributed by atoms with E-state index in [2.05, 4.69) is 0 Å². The summed E-state index contributed by atoms with van der Waals surface area (Å²) in [6.45, 7) is 3.26. The molecule has 1 saturated heterocycles. The molecule has 21 heavy (non-hydrogen) atoms. The highest BCUT2D eigenvalue weighted by Gasteiger charge is 2.31. The number of carbonyl (C=O) groups excluding carboxylic acids is 2. The SMILES string of the molecule is NC(=O)CN1CCCN(C(=O)C2CCCCCC2N)CC1. The van der Waals surface area contributed by atoms with Gasteiger partial charge in [0, 0.05) is 32.2 Å². The van der Waals surface area contributed by atoms with Crippen LogP contribution in [-0.2, 0) is 9.59 Å². The Bertz CT molecular complexity index is 375. The van der Waals surface area contributed by atoms with Crippen LogP contribution >= 0.6 is 0 Å². The van der Waals surface area contributed by atoms with Crippen molar-refractivity contribution in [3.05, 3.63) is 0 Å². The number of hydrogen-bond acceptors (Lipinski definition) is 4. The predicted molar refractivity (Wildman–Crippen MR) is 81.4 cm³/mol. The van der Waals surface area contributed by atoms with Gasteiger partial charge in [-0.1, -0.05) is 19.3 Å². The molecule has 2 atom stereocenters. The van der Waals surface area contributed by atoms with Crippen molar-refractivity contribution in [2.75, 3.05) is 32.7 Å². The Balaban J connectivity index is 1.91. The largest absolute Gasteiger partial charge is 0.369 e. The van der Waals surface area contributed by atoms with Crippen molar-refractivity contribution in [2.45, 2.75) is 44.6 Å². The van der Waals surface area contributed by atoms with Gasteiger partial charge in [-0.15, -0.1) is 0 Å². The first-order valence-corrected chi connectivity index (χ1v) is 8.13. The number of rotatable bonds is 3. The molecule has 2 aliphatic rings. The summed E-state index contributed by atoms with van der Waals surface area (Å²) in [5.74, 6) is -0.110. The van der Waals surface area contributed by atoms with Gasteiger partial charge in [0.05, 0.1) is 12.5 Å². The van der Waals surface area contributed by atoms with Crippen LogP contribution in [0.3, 0.4) is 0 Å². The first-order chi connectivity index (χ1) is 10.1. The van der Waals surface area contributed by atoms with Crippen molar-refractivity contribution in [3.8, 4) is 0 Å². The van der Waals surface area contributed by atoms with Crippen LogP contribution < -0.4 is 11.5 Å². The molecule has 0 aromatic carbocycles. The van der Waals surface area contributed by atoms with E-state index in [-0.39, 0.29) is 30.3 Å². The molecule has 1 aliphatic heterocycles. The Kier molecular flexibility index (Phi) is 5.99. The third-order valence-corrected chi connectivity index (χ3v) is 4.67. The van der Waals surface area contributed by atoms with Crippen LogP contribution in [0.15, 0.2) is 0 Å². The van der Waals surface area contributed by atoms with E-state index in [1.807, 2.05) is 9.80 Å². The van der Waals surface area contributed by atoms with E-state index in [0.717, 1.165) is 51.7 Å². The van der Waals surface area contributed by atoms with Crippen molar-refractivity contribution in [1.29, 1.82) is 0 Å². The second kappa shape index (κ2) is 7.75. The molecule has 4 N–H and O–H groups in total. The molecule has 120 valence electrons. The predicted octanol–water partition coefficient (Wildman–Crippen LogP) is -0.0864. The minimum Gasteiger partial charge on any atom is -0.369 e. The lowest BCUT2D eigenvalue weighted by Crippen LogP contribution is -2.45. The van der Waals surface area contributed by atoms with Gasteiger partial charge in [-0.3, -0.25) is 14.5 Å². The Morgan fingerprint density at radius 1 is 0.952 bits per heavy atom. The molecule has 1 saturated carbocycles. The van der Waals surface area contributed by atoms with Crippen molar-refractivity contribution in [2.24, 2.45) is 17.4 Å². The third kappa shape index (κ3) is 4.68. The molecule has 0 bridgehead atoms. The zero-order valence-electron chi connectivity index (χ0n) is 12.8. The average Bonchev–Trinajstić information content (AvgIpc) is 2.78. The van der Waals surface area contributed by atoms with Crippen molar-refractivity contribution in [1.82, 2.24) is 9.80 Å². The van der Waals surface area contributed by atoms with Crippen LogP contribution in [0.5, 0.6) is 0 Å². The standard InChI is InChI=1S/C15H28N4O2/c16-13-6-3-1-2-5-12(13)15(21)19-8-4-7-18(9-10-19)11-14(17)20/h12-13H,1-11,16H2,(H2,17,20). The lowest BCUT2D eigenvalue weighted by molar-refractivity contribution is -0.136. The molecule has 6 heteroatoms. The van der Waals surface area contributed by atoms with Gasteiger partial charge in [0.25, 0.3) is 0 Å². The van der Waals surface area contributed by atoms with Crippen LogP contribution in [-0.4, -0.2) is 60.4 Å². The number of amides is 2. The topological polar surface area (TPSA) is 92.7 Å². The lowest BCUT2D eigenvalue weighted by atomic mass is 9.94. The van der Waals surface area contributed by atoms with Crippen LogP contribution in [0, 0.1) is 5.92 Å². The molecule has 1 heterocycles. The minimum atomic E-state index is -0.305.